The summed E-state index contributed by atoms with van der Waals surface area (Å²) in [6.07, 6.45) is 0. The first-order valence-corrected chi connectivity index (χ1v) is 4.52. The molecule has 5 heteroatoms. The molecule has 2 N–H and O–H groups in total. The van der Waals surface area contributed by atoms with Gasteiger partial charge >= 0.3 is 5.97 Å². The molecule has 0 aromatic heterocycles. The van der Waals surface area contributed by atoms with Crippen LogP contribution in [0, 0.1) is 0 Å². The first-order valence-electron chi connectivity index (χ1n) is 3.95. The van der Waals surface area contributed by atoms with Gasteiger partial charge in [0.25, 0.3) is 0 Å². The van der Waals surface area contributed by atoms with Crippen LogP contribution in [0.15, 0.2) is 30.3 Å². The number of carbonyl (C=O) groups is 2. The van der Waals surface area contributed by atoms with Gasteiger partial charge in [0.1, 0.15) is 0 Å². The second kappa shape index (κ2) is 4.84. The molecule has 14 heavy (non-hydrogen) atoms. The van der Waals surface area contributed by atoms with Crippen molar-refractivity contribution in [1.82, 2.24) is 5.09 Å². The molecule has 0 aliphatic carbocycles. The second-order valence-corrected chi connectivity index (χ2v) is 3.00. The SMILES string of the molecule is O=C(O)C(NP)C(=O)c1ccccc1. The maximum atomic E-state index is 11.6. The van der Waals surface area contributed by atoms with Gasteiger partial charge in [-0.25, -0.2) is 0 Å². The van der Waals surface area contributed by atoms with Gasteiger partial charge in [-0.3, -0.25) is 14.7 Å². The normalized spacial score (nSPS) is 12.1. The molecule has 0 amide bonds. The number of rotatable bonds is 4. The fourth-order valence-electron chi connectivity index (χ4n) is 1.03. The standard InChI is InChI=1S/C9H10NO3P/c11-8(7(10-14)9(12)13)6-4-2-1-3-5-6/h1-5,7,10H,14H2,(H,12,13). The van der Waals surface area contributed by atoms with Gasteiger partial charge in [-0.05, 0) is 0 Å². The highest BCUT2D eigenvalue weighted by Crippen LogP contribution is 2.04. The molecule has 2 atom stereocenters. The fourth-order valence-corrected chi connectivity index (χ4v) is 1.32. The largest absolute Gasteiger partial charge is 0.480 e. The van der Waals surface area contributed by atoms with E-state index < -0.39 is 17.8 Å². The first kappa shape index (κ1) is 10.8. The minimum Gasteiger partial charge on any atom is -0.480 e. The maximum absolute atomic E-state index is 11.6. The van der Waals surface area contributed by atoms with Crippen LogP contribution in [0.2, 0.25) is 0 Å². The van der Waals surface area contributed by atoms with Crippen LogP contribution in [0.3, 0.4) is 0 Å². The van der Waals surface area contributed by atoms with Crippen molar-refractivity contribution >= 4 is 21.1 Å². The Kier molecular flexibility index (Phi) is 3.74. The van der Waals surface area contributed by atoms with Crippen LogP contribution in [-0.4, -0.2) is 22.9 Å². The van der Waals surface area contributed by atoms with Gasteiger partial charge in [0.15, 0.2) is 11.8 Å². The van der Waals surface area contributed by atoms with Crippen LogP contribution in [-0.2, 0) is 4.79 Å². The van der Waals surface area contributed by atoms with Gasteiger partial charge in [-0.2, -0.15) is 0 Å². The van der Waals surface area contributed by atoms with Crippen molar-refractivity contribution in [2.75, 3.05) is 0 Å². The molecule has 1 aromatic carbocycles. The summed E-state index contributed by atoms with van der Waals surface area (Å²) in [5, 5.41) is 11.1. The Balaban J connectivity index is 2.89. The minimum atomic E-state index is -1.21. The summed E-state index contributed by atoms with van der Waals surface area (Å²) in [4.78, 5) is 22.2. The third-order valence-electron chi connectivity index (χ3n) is 1.73. The summed E-state index contributed by atoms with van der Waals surface area (Å²) in [7, 11) is 2.03. The fraction of sp³-hybridized carbons (Fsp3) is 0.111. The number of carboxylic acid groups (broad SMARTS) is 1. The lowest BCUT2D eigenvalue weighted by molar-refractivity contribution is -0.137. The molecule has 0 fully saturated rings. The zero-order valence-electron chi connectivity index (χ0n) is 7.31. The van der Waals surface area contributed by atoms with E-state index in [0.29, 0.717) is 5.56 Å². The third kappa shape index (κ3) is 2.37. The van der Waals surface area contributed by atoms with Crippen LogP contribution >= 0.6 is 9.39 Å². The lowest BCUT2D eigenvalue weighted by Gasteiger charge is -2.08. The van der Waals surface area contributed by atoms with Crippen molar-refractivity contribution in [2.45, 2.75) is 6.04 Å². The number of ketones is 1. The maximum Gasteiger partial charge on any atom is 0.329 e. The Hall–Kier alpha value is -1.25. The minimum absolute atomic E-state index is 0.384. The number of hydrogen-bond donors (Lipinski definition) is 2. The lowest BCUT2D eigenvalue weighted by Crippen LogP contribution is -2.38. The van der Waals surface area contributed by atoms with E-state index in [4.69, 9.17) is 5.11 Å². The Bertz CT molecular complexity index is 339. The summed E-state index contributed by atoms with van der Waals surface area (Å²) < 4.78 is 0. The Morgan fingerprint density at radius 1 is 1.29 bits per heavy atom. The molecule has 74 valence electrons. The molecule has 1 rings (SSSR count). The molecule has 0 bridgehead atoms. The molecule has 0 heterocycles. The molecule has 1 aromatic rings. The van der Waals surface area contributed by atoms with E-state index in [2.05, 4.69) is 5.09 Å². The van der Waals surface area contributed by atoms with E-state index >= 15 is 0 Å². The predicted molar refractivity (Wildman–Crippen MR) is 55.0 cm³/mol. The monoisotopic (exact) mass is 211 g/mol. The van der Waals surface area contributed by atoms with E-state index in [9.17, 15) is 9.59 Å². The third-order valence-corrected chi connectivity index (χ3v) is 2.07. The van der Waals surface area contributed by atoms with Gasteiger partial charge in [0.05, 0.1) is 0 Å². The van der Waals surface area contributed by atoms with E-state index in [1.54, 1.807) is 30.3 Å². The number of aliphatic carboxylic acids is 1. The molecule has 0 saturated heterocycles. The molecule has 0 radical (unpaired) electrons. The first-order chi connectivity index (χ1) is 6.66. The summed E-state index contributed by atoms with van der Waals surface area (Å²) >= 11 is 0. The average Bonchev–Trinajstić information content (AvgIpc) is 2.19. The molecule has 0 spiro atoms. The highest BCUT2D eigenvalue weighted by Gasteiger charge is 2.24. The number of benzene rings is 1. The average molecular weight is 211 g/mol. The summed E-state index contributed by atoms with van der Waals surface area (Å²) in [5.41, 5.74) is 0.384. The van der Waals surface area contributed by atoms with Gasteiger partial charge < -0.3 is 5.11 Å². The van der Waals surface area contributed by atoms with Crippen molar-refractivity contribution in [1.29, 1.82) is 0 Å². The van der Waals surface area contributed by atoms with Gasteiger partial charge in [-0.15, -0.1) is 0 Å². The highest BCUT2D eigenvalue weighted by atomic mass is 31.0. The summed E-state index contributed by atoms with van der Waals surface area (Å²) in [5.74, 6) is -1.64. The molecule has 2 unspecified atom stereocenters. The number of hydrogen-bond acceptors (Lipinski definition) is 3. The van der Waals surface area contributed by atoms with Crippen molar-refractivity contribution in [2.24, 2.45) is 0 Å². The van der Waals surface area contributed by atoms with Gasteiger partial charge in [0, 0.05) is 5.56 Å². The van der Waals surface area contributed by atoms with E-state index in [-0.39, 0.29) is 0 Å². The zero-order valence-corrected chi connectivity index (χ0v) is 8.46. The molecule has 4 nitrogen and oxygen atoms in total. The van der Waals surface area contributed by atoms with Gasteiger partial charge in [-0.1, -0.05) is 39.7 Å². The smallest absolute Gasteiger partial charge is 0.329 e. The highest BCUT2D eigenvalue weighted by molar-refractivity contribution is 7.14. The van der Waals surface area contributed by atoms with Crippen LogP contribution < -0.4 is 5.09 Å². The molecule has 0 aliphatic rings. The van der Waals surface area contributed by atoms with Crippen LogP contribution in [0.1, 0.15) is 10.4 Å². The Labute approximate surface area is 83.6 Å². The van der Waals surface area contributed by atoms with Gasteiger partial charge in [0.2, 0.25) is 0 Å². The molecular formula is C9H10NO3P. The van der Waals surface area contributed by atoms with Crippen molar-refractivity contribution in [3.8, 4) is 0 Å². The number of Topliss-reactive ketones (excluding diaryl/α,β-unsaturated/α-hetero) is 1. The lowest BCUT2D eigenvalue weighted by atomic mass is 10.1. The predicted octanol–water partition coefficient (Wildman–Crippen LogP) is 0.702. The van der Waals surface area contributed by atoms with Crippen molar-refractivity contribution in [3.05, 3.63) is 35.9 Å². The van der Waals surface area contributed by atoms with Crippen LogP contribution in [0.5, 0.6) is 0 Å². The Morgan fingerprint density at radius 3 is 2.29 bits per heavy atom. The van der Waals surface area contributed by atoms with Crippen molar-refractivity contribution in [3.63, 3.8) is 0 Å². The quantitative estimate of drug-likeness (QED) is 0.437. The molecule has 0 aliphatic heterocycles. The van der Waals surface area contributed by atoms with E-state index in [0.717, 1.165) is 0 Å². The van der Waals surface area contributed by atoms with E-state index in [1.807, 2.05) is 9.39 Å². The number of nitrogens with one attached hydrogen (secondary N) is 1. The summed E-state index contributed by atoms with van der Waals surface area (Å²) in [6.45, 7) is 0. The molecule has 0 saturated carbocycles. The van der Waals surface area contributed by atoms with E-state index in [1.165, 1.54) is 0 Å². The number of carbonyl (C=O) groups excluding carboxylic acids is 1. The second-order valence-electron chi connectivity index (χ2n) is 2.67. The zero-order chi connectivity index (χ0) is 10.6. The molecular weight excluding hydrogens is 201 g/mol. The summed E-state index contributed by atoms with van der Waals surface area (Å²) in [6, 6.07) is 7.10. The topological polar surface area (TPSA) is 66.4 Å². The Morgan fingerprint density at radius 2 is 1.86 bits per heavy atom. The van der Waals surface area contributed by atoms with Crippen molar-refractivity contribution < 1.29 is 14.7 Å². The van der Waals surface area contributed by atoms with Crippen LogP contribution in [0.4, 0.5) is 0 Å². The van der Waals surface area contributed by atoms with Crippen LogP contribution in [0.25, 0.3) is 0 Å². The number of carboxylic acids is 1.